The van der Waals surface area contributed by atoms with Crippen LogP contribution in [0, 0.1) is 6.92 Å². The zero-order chi connectivity index (χ0) is 14.8. The van der Waals surface area contributed by atoms with Crippen molar-refractivity contribution in [2.75, 3.05) is 0 Å². The van der Waals surface area contributed by atoms with Gasteiger partial charge in [0.1, 0.15) is 0 Å². The highest BCUT2D eigenvalue weighted by atomic mass is 79.9. The molecule has 0 aliphatic heterocycles. The predicted molar refractivity (Wildman–Crippen MR) is 84.3 cm³/mol. The minimum atomic E-state index is -3.64. The average molecular weight is 375 g/mol. The highest BCUT2D eigenvalue weighted by molar-refractivity contribution is 9.10. The van der Waals surface area contributed by atoms with Gasteiger partial charge in [-0.25, -0.2) is 18.1 Å². The number of sulfonamides is 1. The van der Waals surface area contributed by atoms with Crippen molar-refractivity contribution in [1.29, 1.82) is 0 Å². The third kappa shape index (κ3) is 3.46. The molecule has 0 bridgehead atoms. The fraction of sp³-hybridized carbons (Fsp3) is 0.308. The Hall–Kier alpha value is -0.760. The van der Waals surface area contributed by atoms with E-state index in [0.29, 0.717) is 10.9 Å². The Bertz CT molecular complexity index is 698. The molecule has 1 unspecified atom stereocenters. The molecule has 108 valence electrons. The van der Waals surface area contributed by atoms with Crippen LogP contribution in [0.15, 0.2) is 39.3 Å². The van der Waals surface area contributed by atoms with Crippen LogP contribution in [0.3, 0.4) is 0 Å². The Kier molecular flexibility index (Phi) is 4.95. The van der Waals surface area contributed by atoms with Crippen molar-refractivity contribution in [1.82, 2.24) is 9.71 Å². The molecule has 20 heavy (non-hydrogen) atoms. The van der Waals surface area contributed by atoms with Crippen molar-refractivity contribution in [2.24, 2.45) is 0 Å². The second-order valence-electron chi connectivity index (χ2n) is 4.36. The number of rotatable bonds is 5. The van der Waals surface area contributed by atoms with Crippen LogP contribution >= 0.6 is 27.3 Å². The first-order chi connectivity index (χ1) is 9.44. The third-order valence-corrected chi connectivity index (χ3v) is 6.05. The van der Waals surface area contributed by atoms with Gasteiger partial charge < -0.3 is 0 Å². The number of pyridine rings is 1. The van der Waals surface area contributed by atoms with Crippen LogP contribution in [0.25, 0.3) is 0 Å². The van der Waals surface area contributed by atoms with Crippen molar-refractivity contribution in [3.63, 3.8) is 0 Å². The molecule has 0 amide bonds. The van der Waals surface area contributed by atoms with E-state index >= 15 is 0 Å². The summed E-state index contributed by atoms with van der Waals surface area (Å²) in [4.78, 5) is 5.11. The molecule has 7 heteroatoms. The second-order valence-corrected chi connectivity index (χ2v) is 7.96. The molecule has 0 spiro atoms. The highest BCUT2D eigenvalue weighted by Crippen LogP contribution is 2.26. The van der Waals surface area contributed by atoms with Crippen molar-refractivity contribution in [3.8, 4) is 0 Å². The summed E-state index contributed by atoms with van der Waals surface area (Å²) in [5.74, 6) is 0. The van der Waals surface area contributed by atoms with Crippen LogP contribution in [0.1, 0.15) is 29.8 Å². The Morgan fingerprint density at radius 3 is 2.80 bits per heavy atom. The molecule has 4 nitrogen and oxygen atoms in total. The van der Waals surface area contributed by atoms with Crippen LogP contribution in [0.5, 0.6) is 0 Å². The minimum Gasteiger partial charge on any atom is -0.242 e. The quantitative estimate of drug-likeness (QED) is 0.868. The number of hydrogen-bond acceptors (Lipinski definition) is 4. The fourth-order valence-corrected chi connectivity index (χ4v) is 4.81. The number of aromatic nitrogens is 1. The summed E-state index contributed by atoms with van der Waals surface area (Å²) in [5, 5.41) is 2.00. The van der Waals surface area contributed by atoms with Gasteiger partial charge in [0, 0.05) is 17.1 Å². The Labute approximate surface area is 131 Å². The van der Waals surface area contributed by atoms with E-state index in [4.69, 9.17) is 0 Å². The summed E-state index contributed by atoms with van der Waals surface area (Å²) in [6.07, 6.45) is 2.15. The Morgan fingerprint density at radius 2 is 2.25 bits per heavy atom. The molecule has 0 aromatic carbocycles. The summed E-state index contributed by atoms with van der Waals surface area (Å²) in [5.41, 5.74) is 0.991. The van der Waals surface area contributed by atoms with E-state index in [2.05, 4.69) is 25.6 Å². The molecule has 0 aliphatic carbocycles. The average Bonchev–Trinajstić information content (AvgIpc) is 2.83. The van der Waals surface area contributed by atoms with Gasteiger partial charge >= 0.3 is 0 Å². The molecule has 0 saturated carbocycles. The first-order valence-corrected chi connectivity index (χ1v) is 9.27. The first-order valence-electron chi connectivity index (χ1n) is 6.12. The maximum Gasteiger partial charge on any atom is 0.259 e. The topological polar surface area (TPSA) is 59.1 Å². The summed E-state index contributed by atoms with van der Waals surface area (Å²) in [6.45, 7) is 3.96. The lowest BCUT2D eigenvalue weighted by Gasteiger charge is -2.16. The summed E-state index contributed by atoms with van der Waals surface area (Å²) in [7, 11) is -3.64. The van der Waals surface area contributed by atoms with Crippen molar-refractivity contribution < 1.29 is 8.42 Å². The van der Waals surface area contributed by atoms with Gasteiger partial charge in [0.05, 0.1) is 4.47 Å². The number of nitrogens with zero attached hydrogens (tertiary/aromatic N) is 1. The molecule has 2 aromatic heterocycles. The van der Waals surface area contributed by atoms with Crippen molar-refractivity contribution >= 4 is 37.3 Å². The Morgan fingerprint density at radius 1 is 1.50 bits per heavy atom. The van der Waals surface area contributed by atoms with Crippen molar-refractivity contribution in [3.05, 3.63) is 44.7 Å². The molecule has 0 fully saturated rings. The lowest BCUT2D eigenvalue weighted by molar-refractivity contribution is 0.546. The molecule has 2 rings (SSSR count). The first kappa shape index (κ1) is 15.6. The molecule has 2 heterocycles. The molecular weight excluding hydrogens is 360 g/mol. The van der Waals surface area contributed by atoms with E-state index in [-0.39, 0.29) is 11.1 Å². The van der Waals surface area contributed by atoms with Gasteiger partial charge in [-0.3, -0.25) is 0 Å². The van der Waals surface area contributed by atoms with Gasteiger partial charge in [0.25, 0.3) is 10.0 Å². The fourth-order valence-electron chi connectivity index (χ4n) is 1.85. The van der Waals surface area contributed by atoms with Crippen LogP contribution < -0.4 is 4.72 Å². The highest BCUT2D eigenvalue weighted by Gasteiger charge is 2.23. The predicted octanol–water partition coefficient (Wildman–Crippen LogP) is 3.64. The molecule has 1 atom stereocenters. The number of aryl methyl sites for hydroxylation is 1. The standard InChI is InChI=1S/C13H15BrN2O2S2/c1-3-12(10-7-9(2)19-8-10)16-20(17,18)13-11(14)5-4-6-15-13/h4-8,12,16H,3H2,1-2H3. The molecule has 1 N–H and O–H groups in total. The van der Waals surface area contributed by atoms with Crippen molar-refractivity contribution in [2.45, 2.75) is 31.3 Å². The van der Waals surface area contributed by atoms with Crippen LogP contribution in [-0.2, 0) is 10.0 Å². The number of hydrogen-bond donors (Lipinski definition) is 1. The van der Waals surface area contributed by atoms with E-state index in [0.717, 1.165) is 10.4 Å². The summed E-state index contributed by atoms with van der Waals surface area (Å²) in [6, 6.07) is 5.12. The molecule has 0 saturated heterocycles. The monoisotopic (exact) mass is 374 g/mol. The zero-order valence-electron chi connectivity index (χ0n) is 11.1. The van der Waals surface area contributed by atoms with E-state index in [1.165, 1.54) is 6.20 Å². The van der Waals surface area contributed by atoms with Gasteiger partial charge in [-0.05, 0) is 58.4 Å². The van der Waals surface area contributed by atoms with E-state index in [1.54, 1.807) is 23.5 Å². The van der Waals surface area contributed by atoms with Gasteiger partial charge in [-0.2, -0.15) is 0 Å². The third-order valence-electron chi connectivity index (χ3n) is 2.84. The normalized spacial score (nSPS) is 13.3. The van der Waals surface area contributed by atoms with Crippen LogP contribution in [0.4, 0.5) is 0 Å². The van der Waals surface area contributed by atoms with E-state index in [9.17, 15) is 8.42 Å². The summed E-state index contributed by atoms with van der Waals surface area (Å²) < 4.78 is 28.0. The van der Waals surface area contributed by atoms with Gasteiger partial charge in [0.15, 0.2) is 5.03 Å². The van der Waals surface area contributed by atoms with Crippen LogP contribution in [-0.4, -0.2) is 13.4 Å². The number of nitrogens with one attached hydrogen (secondary N) is 1. The molecule has 0 radical (unpaired) electrons. The minimum absolute atomic E-state index is 0.0189. The van der Waals surface area contributed by atoms with Gasteiger partial charge in [-0.1, -0.05) is 6.92 Å². The van der Waals surface area contributed by atoms with E-state index < -0.39 is 10.0 Å². The van der Waals surface area contributed by atoms with Gasteiger partial charge in [0.2, 0.25) is 0 Å². The smallest absolute Gasteiger partial charge is 0.242 e. The largest absolute Gasteiger partial charge is 0.259 e. The lowest BCUT2D eigenvalue weighted by Crippen LogP contribution is -2.29. The zero-order valence-corrected chi connectivity index (χ0v) is 14.3. The van der Waals surface area contributed by atoms with Gasteiger partial charge in [-0.15, -0.1) is 11.3 Å². The number of halogens is 1. The summed E-state index contributed by atoms with van der Waals surface area (Å²) >= 11 is 4.84. The SMILES string of the molecule is CCC(NS(=O)(=O)c1ncccc1Br)c1csc(C)c1. The Balaban J connectivity index is 2.29. The molecule has 2 aromatic rings. The lowest BCUT2D eigenvalue weighted by atomic mass is 10.1. The number of thiophene rings is 1. The van der Waals surface area contributed by atoms with E-state index in [1.807, 2.05) is 25.3 Å². The molecule has 0 aliphatic rings. The maximum atomic E-state index is 12.4. The van der Waals surface area contributed by atoms with Crippen LogP contribution in [0.2, 0.25) is 0 Å². The molecular formula is C13H15BrN2O2S2. The second kappa shape index (κ2) is 6.34. The maximum absolute atomic E-state index is 12.4.